The van der Waals surface area contributed by atoms with Crippen LogP contribution >= 0.6 is 7.40 Å². The Morgan fingerprint density at radius 2 is 1.53 bits per heavy atom. The highest BCUT2D eigenvalue weighted by Gasteiger charge is 2.45. The molecule has 16 heteroatoms. The van der Waals surface area contributed by atoms with Crippen LogP contribution in [0.5, 0.6) is 11.5 Å². The largest absolute Gasteiger partial charge is 0.497 e. The van der Waals surface area contributed by atoms with Crippen LogP contribution in [0.3, 0.4) is 0 Å². The first-order chi connectivity index (χ1) is 28.4. The molecule has 14 nitrogen and oxygen atoms in total. The summed E-state index contributed by atoms with van der Waals surface area (Å²) in [7, 11) is 6.48. The lowest BCUT2D eigenvalue weighted by molar-refractivity contribution is -0.142. The lowest BCUT2D eigenvalue weighted by Crippen LogP contribution is -2.41. The van der Waals surface area contributed by atoms with E-state index in [9.17, 15) is 18.9 Å². The standard InChI is InChI=1S/C43H44BN4O10P/c1-27-25-48(42(51)46-40(27)49)39-23-37(58-59(44,52)47-36(41(50)55-4)22-28-24-45-35-13-9-8-12-34(28)35)38(57-39)26-56-43(29-10-6-5-7-11-29,30-14-18-32(53-2)19-15-30)31-16-20-33(54-3)21-17-31/h5-21,24-25,36-39,45H,22-23,26H2,1-4H3,(H,47,52)(H,46,49,51)/t36-,37-,38+,39+,59?/m0/s1. The zero-order valence-corrected chi connectivity index (χ0v) is 33.8. The predicted molar refractivity (Wildman–Crippen MR) is 222 cm³/mol. The first-order valence-electron chi connectivity index (χ1n) is 18.9. The van der Waals surface area contributed by atoms with E-state index in [1.165, 1.54) is 17.9 Å². The van der Waals surface area contributed by atoms with Crippen molar-refractivity contribution >= 4 is 31.8 Å². The Bertz CT molecular complexity index is 2510. The fourth-order valence-corrected chi connectivity index (χ4v) is 8.82. The van der Waals surface area contributed by atoms with Crippen LogP contribution in [0, 0.1) is 6.92 Å². The maximum atomic E-state index is 14.3. The zero-order valence-electron chi connectivity index (χ0n) is 33.0. The van der Waals surface area contributed by atoms with Crippen molar-refractivity contribution in [2.75, 3.05) is 27.9 Å². The normalized spacial score (nSPS) is 18.3. The number of esters is 1. The molecule has 1 fully saturated rings. The molecule has 304 valence electrons. The topological polar surface area (TPSA) is 172 Å². The van der Waals surface area contributed by atoms with Crippen LogP contribution in [-0.2, 0) is 40.1 Å². The molecule has 1 unspecified atom stereocenters. The van der Waals surface area contributed by atoms with Gasteiger partial charge in [-0.25, -0.2) is 9.88 Å². The average molecular weight is 819 g/mol. The molecule has 2 aromatic heterocycles. The Hall–Kier alpha value is -5.70. The van der Waals surface area contributed by atoms with E-state index in [2.05, 4.69) is 15.1 Å². The number of benzene rings is 4. The molecule has 0 aliphatic carbocycles. The Kier molecular flexibility index (Phi) is 12.4. The number of para-hydroxylation sites is 1. The number of rotatable bonds is 16. The molecule has 0 amide bonds. The van der Waals surface area contributed by atoms with Crippen LogP contribution < -0.4 is 25.8 Å². The second kappa shape index (κ2) is 17.7. The van der Waals surface area contributed by atoms with Crippen LogP contribution in [0.4, 0.5) is 0 Å². The maximum absolute atomic E-state index is 14.3. The van der Waals surface area contributed by atoms with Gasteiger partial charge in [-0.15, -0.1) is 0 Å². The van der Waals surface area contributed by atoms with Crippen molar-refractivity contribution in [1.82, 2.24) is 19.6 Å². The molecule has 0 spiro atoms. The number of hydrogen-bond donors (Lipinski definition) is 3. The molecule has 0 bridgehead atoms. The summed E-state index contributed by atoms with van der Waals surface area (Å²) in [4.78, 5) is 44.1. The number of carbonyl (C=O) groups excluding carboxylic acids is 1. The monoisotopic (exact) mass is 818 g/mol. The number of methoxy groups -OCH3 is 3. The van der Waals surface area contributed by atoms with Crippen molar-refractivity contribution in [3.63, 3.8) is 0 Å². The summed E-state index contributed by atoms with van der Waals surface area (Å²) in [5.41, 5.74) is 1.66. The minimum atomic E-state index is -4.35. The molecule has 6 aromatic rings. The molecule has 1 saturated heterocycles. The first kappa shape index (κ1) is 41.5. The molecule has 3 heterocycles. The van der Waals surface area contributed by atoms with Gasteiger partial charge in [0.1, 0.15) is 35.5 Å². The van der Waals surface area contributed by atoms with Crippen LogP contribution in [0.1, 0.15) is 40.5 Å². The highest BCUT2D eigenvalue weighted by Crippen LogP contribution is 2.47. The third-order valence-corrected chi connectivity index (χ3v) is 11.7. The first-order valence-corrected chi connectivity index (χ1v) is 20.6. The predicted octanol–water partition coefficient (Wildman–Crippen LogP) is 5.68. The Balaban J connectivity index is 1.25. The number of nitrogens with one attached hydrogen (secondary N) is 3. The number of aryl methyl sites for hydroxylation is 1. The SMILES string of the molecule is [B]P(=O)(N[C@@H](Cc1c[nH]c2ccccc12)C(=O)OC)O[C@H]1C[C@H](n2cc(C)c(=O)[nH]c2=O)O[C@@H]1COC(c1ccccc1)(c1ccc(OC)cc1)c1ccc(OC)cc1. The number of hydrogen-bond acceptors (Lipinski definition) is 10. The van der Waals surface area contributed by atoms with Gasteiger partial charge in [-0.3, -0.25) is 23.7 Å². The van der Waals surface area contributed by atoms with Crippen molar-refractivity contribution in [2.24, 2.45) is 0 Å². The number of H-pyrrole nitrogens is 2. The van der Waals surface area contributed by atoms with E-state index in [0.717, 1.165) is 33.2 Å². The number of ether oxygens (including phenoxy) is 5. The van der Waals surface area contributed by atoms with Crippen molar-refractivity contribution < 1.29 is 37.6 Å². The molecule has 1 aliphatic heterocycles. The molecule has 59 heavy (non-hydrogen) atoms. The van der Waals surface area contributed by atoms with Crippen molar-refractivity contribution in [3.8, 4) is 11.5 Å². The van der Waals surface area contributed by atoms with Crippen LogP contribution in [0.25, 0.3) is 10.9 Å². The quantitative estimate of drug-likeness (QED) is 0.0476. The van der Waals surface area contributed by atoms with Gasteiger partial charge < -0.3 is 33.2 Å². The Morgan fingerprint density at radius 1 is 0.915 bits per heavy atom. The minimum absolute atomic E-state index is 0.0307. The van der Waals surface area contributed by atoms with Gasteiger partial charge in [-0.05, 0) is 59.5 Å². The van der Waals surface area contributed by atoms with Gasteiger partial charge in [-0.1, -0.05) is 72.8 Å². The number of aromatic amines is 2. The molecular formula is C43H44BN4O10P. The molecule has 2 radical (unpaired) electrons. The van der Waals surface area contributed by atoms with E-state index in [1.54, 1.807) is 27.3 Å². The van der Waals surface area contributed by atoms with Gasteiger partial charge in [0, 0.05) is 41.7 Å². The summed E-state index contributed by atoms with van der Waals surface area (Å²) in [5.74, 6) is 0.583. The van der Waals surface area contributed by atoms with Crippen molar-refractivity contribution in [3.05, 3.63) is 164 Å². The summed E-state index contributed by atoms with van der Waals surface area (Å²) in [6.45, 7) is 1.38. The van der Waals surface area contributed by atoms with Gasteiger partial charge in [0.05, 0.1) is 34.0 Å². The highest BCUT2D eigenvalue weighted by molar-refractivity contribution is 7.81. The molecule has 5 atom stereocenters. The molecule has 4 aromatic carbocycles. The number of aromatic nitrogens is 3. The Morgan fingerprint density at radius 3 is 2.15 bits per heavy atom. The van der Waals surface area contributed by atoms with Crippen LogP contribution in [-0.4, -0.2) is 74.3 Å². The van der Waals surface area contributed by atoms with Crippen molar-refractivity contribution in [2.45, 2.75) is 49.8 Å². The van der Waals surface area contributed by atoms with E-state index in [0.29, 0.717) is 11.5 Å². The average Bonchev–Trinajstić information content (AvgIpc) is 3.85. The molecule has 0 saturated carbocycles. The Labute approximate surface area is 341 Å². The number of carbonyl (C=O) groups is 1. The molecule has 7 rings (SSSR count). The van der Waals surface area contributed by atoms with Crippen LogP contribution in [0.15, 0.2) is 125 Å². The van der Waals surface area contributed by atoms with Crippen LogP contribution in [0.2, 0.25) is 0 Å². The second-order valence-electron chi connectivity index (χ2n) is 14.2. The minimum Gasteiger partial charge on any atom is -0.497 e. The van der Waals surface area contributed by atoms with E-state index in [4.69, 9.17) is 35.8 Å². The van der Waals surface area contributed by atoms with Gasteiger partial charge in [0.15, 0.2) is 0 Å². The van der Waals surface area contributed by atoms with Gasteiger partial charge >= 0.3 is 11.7 Å². The fourth-order valence-electron chi connectivity index (χ4n) is 7.51. The van der Waals surface area contributed by atoms with Gasteiger partial charge in [-0.2, -0.15) is 0 Å². The third kappa shape index (κ3) is 8.85. The summed E-state index contributed by atoms with van der Waals surface area (Å²) in [6, 6.07) is 31.0. The smallest absolute Gasteiger partial charge is 0.330 e. The summed E-state index contributed by atoms with van der Waals surface area (Å²) in [5, 5.41) is 3.61. The molecule has 3 N–H and O–H groups in total. The van der Waals surface area contributed by atoms with E-state index >= 15 is 0 Å². The second-order valence-corrected chi connectivity index (χ2v) is 15.8. The van der Waals surface area contributed by atoms with Gasteiger partial charge in [0.25, 0.3) is 5.56 Å². The van der Waals surface area contributed by atoms with E-state index < -0.39 is 54.7 Å². The number of fused-ring (bicyclic) bond motifs is 1. The fraction of sp³-hybridized carbons (Fsp3) is 0.279. The van der Waals surface area contributed by atoms with E-state index in [-0.39, 0.29) is 25.0 Å². The highest BCUT2D eigenvalue weighted by atomic mass is 31.2. The van der Waals surface area contributed by atoms with Gasteiger partial charge in [0.2, 0.25) is 15.0 Å². The molecule has 1 aliphatic rings. The number of nitrogens with zero attached hydrogens (tertiary/aromatic N) is 1. The summed E-state index contributed by atoms with van der Waals surface area (Å²) in [6.07, 6.45) is 0.152. The maximum Gasteiger partial charge on any atom is 0.330 e. The third-order valence-electron chi connectivity index (χ3n) is 10.5. The molecular weight excluding hydrogens is 774 g/mol. The summed E-state index contributed by atoms with van der Waals surface area (Å²) >= 11 is 0. The lowest BCUT2D eigenvalue weighted by Gasteiger charge is -2.37. The zero-order chi connectivity index (χ0) is 41.7. The summed E-state index contributed by atoms with van der Waals surface area (Å²) < 4.78 is 51.5. The lowest BCUT2D eigenvalue weighted by atomic mass is 9.80. The van der Waals surface area contributed by atoms with E-state index in [1.807, 2.05) is 103 Å². The van der Waals surface area contributed by atoms with Crippen molar-refractivity contribution in [1.29, 1.82) is 0 Å².